The molecule has 3 rings (SSSR count). The standard InChI is InChI=1S/C23H34N4O2S3/c1-16(2)12-27-9-10-29-20(13-27)11-24-21(28)15-31-23-26-25-22(32-23)30-14-18-5-7-19(8-6-18)17(3)4/h5-8,16-17,20H,9-15H2,1-4H3,(H,24,28). The van der Waals surface area contributed by atoms with Gasteiger partial charge in [0, 0.05) is 31.9 Å². The fraction of sp³-hybridized carbons (Fsp3) is 0.609. The van der Waals surface area contributed by atoms with Gasteiger partial charge >= 0.3 is 0 Å². The zero-order valence-electron chi connectivity index (χ0n) is 19.4. The molecule has 0 aliphatic carbocycles. The summed E-state index contributed by atoms with van der Waals surface area (Å²) in [6, 6.07) is 8.75. The lowest BCUT2D eigenvalue weighted by Gasteiger charge is -2.33. The highest BCUT2D eigenvalue weighted by molar-refractivity contribution is 8.03. The van der Waals surface area contributed by atoms with Crippen molar-refractivity contribution in [3.05, 3.63) is 35.4 Å². The number of carbonyl (C=O) groups excluding carboxylic acids is 1. The van der Waals surface area contributed by atoms with Crippen LogP contribution >= 0.6 is 34.9 Å². The molecule has 6 nitrogen and oxygen atoms in total. The van der Waals surface area contributed by atoms with Gasteiger partial charge in [0.2, 0.25) is 5.91 Å². The van der Waals surface area contributed by atoms with E-state index in [1.165, 1.54) is 22.9 Å². The Morgan fingerprint density at radius 1 is 1.19 bits per heavy atom. The van der Waals surface area contributed by atoms with Crippen molar-refractivity contribution in [2.45, 2.75) is 54.1 Å². The first-order valence-electron chi connectivity index (χ1n) is 11.2. The molecule has 2 aromatic rings. The van der Waals surface area contributed by atoms with Crippen LogP contribution in [0, 0.1) is 5.92 Å². The van der Waals surface area contributed by atoms with Gasteiger partial charge in [0.15, 0.2) is 8.68 Å². The lowest BCUT2D eigenvalue weighted by atomic mass is 10.0. The van der Waals surface area contributed by atoms with Crippen molar-refractivity contribution in [3.8, 4) is 0 Å². The summed E-state index contributed by atoms with van der Waals surface area (Å²) in [5.41, 5.74) is 2.63. The number of thioether (sulfide) groups is 2. The number of nitrogens with zero attached hydrogens (tertiary/aromatic N) is 3. The van der Waals surface area contributed by atoms with Crippen LogP contribution in [0.1, 0.15) is 44.7 Å². The first kappa shape index (κ1) is 25.5. The number of amides is 1. The smallest absolute Gasteiger partial charge is 0.230 e. The average Bonchev–Trinajstić information content (AvgIpc) is 3.23. The Labute approximate surface area is 204 Å². The Hall–Kier alpha value is -1.13. The predicted molar refractivity (Wildman–Crippen MR) is 135 cm³/mol. The van der Waals surface area contributed by atoms with Crippen LogP contribution in [0.25, 0.3) is 0 Å². The van der Waals surface area contributed by atoms with Gasteiger partial charge in [0.1, 0.15) is 0 Å². The summed E-state index contributed by atoms with van der Waals surface area (Å²) in [5, 5.41) is 11.5. The number of benzene rings is 1. The van der Waals surface area contributed by atoms with Crippen LogP contribution < -0.4 is 5.32 Å². The molecular weight excluding hydrogens is 460 g/mol. The van der Waals surface area contributed by atoms with E-state index in [-0.39, 0.29) is 12.0 Å². The first-order valence-corrected chi connectivity index (χ1v) is 14.0. The molecule has 176 valence electrons. The van der Waals surface area contributed by atoms with Crippen LogP contribution in [-0.4, -0.2) is 65.6 Å². The second-order valence-corrected chi connectivity index (χ2v) is 12.2. The van der Waals surface area contributed by atoms with Crippen molar-refractivity contribution in [2.75, 3.05) is 38.5 Å². The average molecular weight is 495 g/mol. The number of nitrogens with one attached hydrogen (secondary N) is 1. The van der Waals surface area contributed by atoms with Gasteiger partial charge in [-0.25, -0.2) is 0 Å². The maximum Gasteiger partial charge on any atom is 0.230 e. The third-order valence-corrected chi connectivity index (χ3v) is 8.36. The Morgan fingerprint density at radius 3 is 2.59 bits per heavy atom. The maximum atomic E-state index is 12.3. The van der Waals surface area contributed by atoms with Crippen molar-refractivity contribution in [1.82, 2.24) is 20.4 Å². The molecule has 0 radical (unpaired) electrons. The molecule has 9 heteroatoms. The molecule has 1 N–H and O–H groups in total. The van der Waals surface area contributed by atoms with Crippen LogP contribution in [0.15, 0.2) is 32.9 Å². The minimum Gasteiger partial charge on any atom is -0.374 e. The molecule has 1 saturated heterocycles. The van der Waals surface area contributed by atoms with E-state index in [1.807, 2.05) is 0 Å². The minimum atomic E-state index is 0.00854. The Kier molecular flexibility index (Phi) is 10.3. The molecule has 1 amide bonds. The van der Waals surface area contributed by atoms with Crippen molar-refractivity contribution >= 4 is 40.8 Å². The van der Waals surface area contributed by atoms with E-state index in [0.717, 1.165) is 40.7 Å². The molecular formula is C23H34N4O2S3. The second kappa shape index (κ2) is 12.9. The Bertz CT molecular complexity index is 842. The summed E-state index contributed by atoms with van der Waals surface area (Å²) >= 11 is 4.67. The monoisotopic (exact) mass is 494 g/mol. The molecule has 1 unspecified atom stereocenters. The molecule has 1 aromatic carbocycles. The molecule has 1 aromatic heterocycles. The summed E-state index contributed by atoms with van der Waals surface area (Å²) in [6.07, 6.45) is 0.0654. The molecule has 0 spiro atoms. The number of rotatable bonds is 11. The van der Waals surface area contributed by atoms with Crippen molar-refractivity contribution in [3.63, 3.8) is 0 Å². The fourth-order valence-electron chi connectivity index (χ4n) is 3.45. The lowest BCUT2D eigenvalue weighted by molar-refractivity contribution is -0.119. The van der Waals surface area contributed by atoms with Crippen molar-refractivity contribution < 1.29 is 9.53 Å². The zero-order chi connectivity index (χ0) is 22.9. The number of aromatic nitrogens is 2. The highest BCUT2D eigenvalue weighted by Crippen LogP contribution is 2.31. The molecule has 1 aliphatic heterocycles. The normalized spacial score (nSPS) is 17.2. The van der Waals surface area contributed by atoms with E-state index in [2.05, 4.69) is 72.4 Å². The summed E-state index contributed by atoms with van der Waals surface area (Å²) in [6.45, 7) is 13.1. The number of ether oxygens (including phenoxy) is 1. The van der Waals surface area contributed by atoms with E-state index in [0.29, 0.717) is 24.1 Å². The minimum absolute atomic E-state index is 0.00854. The number of morpholine rings is 1. The second-order valence-electron chi connectivity index (χ2n) is 8.76. The summed E-state index contributed by atoms with van der Waals surface area (Å²) in [5.74, 6) is 2.41. The van der Waals surface area contributed by atoms with Gasteiger partial charge in [-0.3, -0.25) is 9.69 Å². The molecule has 1 atom stereocenters. The zero-order valence-corrected chi connectivity index (χ0v) is 21.8. The number of carbonyl (C=O) groups is 1. The van der Waals surface area contributed by atoms with E-state index in [1.54, 1.807) is 23.1 Å². The van der Waals surface area contributed by atoms with Gasteiger partial charge in [0.05, 0.1) is 18.5 Å². The first-order chi connectivity index (χ1) is 15.4. The molecule has 0 saturated carbocycles. The SMILES string of the molecule is CC(C)CN1CCOC(CNC(=O)CSc2nnc(SCc3ccc(C(C)C)cc3)s2)C1. The Balaban J connectivity index is 1.35. The molecule has 0 bridgehead atoms. The van der Waals surface area contributed by atoms with Crippen LogP contribution in [0.3, 0.4) is 0 Å². The van der Waals surface area contributed by atoms with Gasteiger partial charge in [-0.15, -0.1) is 10.2 Å². The summed E-state index contributed by atoms with van der Waals surface area (Å²) in [4.78, 5) is 14.7. The van der Waals surface area contributed by atoms with Crippen molar-refractivity contribution in [2.24, 2.45) is 5.92 Å². The maximum absolute atomic E-state index is 12.3. The van der Waals surface area contributed by atoms with Crippen LogP contribution in [-0.2, 0) is 15.3 Å². The fourth-order valence-corrected chi connectivity index (χ4v) is 6.26. The number of hydrogen-bond acceptors (Lipinski definition) is 8. The van der Waals surface area contributed by atoms with E-state index in [9.17, 15) is 4.79 Å². The van der Waals surface area contributed by atoms with Crippen LogP contribution in [0.4, 0.5) is 0 Å². The van der Waals surface area contributed by atoms with Gasteiger partial charge in [-0.1, -0.05) is 86.8 Å². The van der Waals surface area contributed by atoms with Crippen molar-refractivity contribution in [1.29, 1.82) is 0 Å². The van der Waals surface area contributed by atoms with Crippen LogP contribution in [0.2, 0.25) is 0 Å². The van der Waals surface area contributed by atoms with Gasteiger partial charge in [-0.05, 0) is 23.0 Å². The highest BCUT2D eigenvalue weighted by Gasteiger charge is 2.21. The molecule has 2 heterocycles. The number of hydrogen-bond donors (Lipinski definition) is 1. The highest BCUT2D eigenvalue weighted by atomic mass is 32.2. The van der Waals surface area contributed by atoms with E-state index in [4.69, 9.17) is 4.74 Å². The quantitative estimate of drug-likeness (QED) is 0.461. The van der Waals surface area contributed by atoms with E-state index < -0.39 is 0 Å². The van der Waals surface area contributed by atoms with Gasteiger partial charge < -0.3 is 10.1 Å². The summed E-state index contributed by atoms with van der Waals surface area (Å²) < 4.78 is 7.56. The van der Waals surface area contributed by atoms with Gasteiger partial charge in [0.25, 0.3) is 0 Å². The van der Waals surface area contributed by atoms with E-state index >= 15 is 0 Å². The van der Waals surface area contributed by atoms with Gasteiger partial charge in [-0.2, -0.15) is 0 Å². The summed E-state index contributed by atoms with van der Waals surface area (Å²) in [7, 11) is 0. The molecule has 1 aliphatic rings. The third-order valence-electron chi connectivity index (χ3n) is 5.10. The molecule has 1 fully saturated rings. The Morgan fingerprint density at radius 2 is 1.91 bits per heavy atom. The lowest BCUT2D eigenvalue weighted by Crippen LogP contribution is -2.48. The topological polar surface area (TPSA) is 67.3 Å². The molecule has 32 heavy (non-hydrogen) atoms. The largest absolute Gasteiger partial charge is 0.374 e. The third kappa shape index (κ3) is 8.67. The van der Waals surface area contributed by atoms with Crippen LogP contribution in [0.5, 0.6) is 0 Å². The predicted octanol–water partition coefficient (Wildman–Crippen LogP) is 4.52.